The van der Waals surface area contributed by atoms with E-state index in [-0.39, 0.29) is 0 Å². The summed E-state index contributed by atoms with van der Waals surface area (Å²) in [5.41, 5.74) is 2.23. The Hall–Kier alpha value is -3.73. The fraction of sp³-hybridized carbons (Fsp3) is 0.348. The zero-order valence-corrected chi connectivity index (χ0v) is 17.1. The Kier molecular flexibility index (Phi) is 5.94. The molecular weight excluding hydrogens is 394 g/mol. The third-order valence-electron chi connectivity index (χ3n) is 5.58. The second-order valence-electron chi connectivity index (χ2n) is 7.81. The lowest BCUT2D eigenvalue weighted by Crippen LogP contribution is -2.50. The highest BCUT2D eigenvalue weighted by Gasteiger charge is 2.33. The van der Waals surface area contributed by atoms with Gasteiger partial charge in [-0.05, 0) is 42.7 Å². The van der Waals surface area contributed by atoms with Gasteiger partial charge in [-0.1, -0.05) is 48.7 Å². The molecule has 0 saturated heterocycles. The minimum atomic E-state index is -0.838. The molecule has 0 bridgehead atoms. The molecular formula is C23H23N5O3. The summed E-state index contributed by atoms with van der Waals surface area (Å²) in [6.45, 7) is 0.115. The zero-order chi connectivity index (χ0) is 21.7. The summed E-state index contributed by atoms with van der Waals surface area (Å²) in [7, 11) is 0. The van der Waals surface area contributed by atoms with E-state index in [0.717, 1.165) is 35.9 Å². The van der Waals surface area contributed by atoms with E-state index in [1.165, 1.54) is 0 Å². The van der Waals surface area contributed by atoms with Gasteiger partial charge in [0, 0.05) is 0 Å². The lowest BCUT2D eigenvalue weighted by Gasteiger charge is -2.31. The Bertz CT molecular complexity index is 1120. The number of nitrogens with one attached hydrogen (secondary N) is 1. The molecule has 158 valence electrons. The average Bonchev–Trinajstić information content (AvgIpc) is 3.21. The number of aromatic nitrogens is 3. The van der Waals surface area contributed by atoms with Crippen molar-refractivity contribution in [3.63, 3.8) is 0 Å². The van der Waals surface area contributed by atoms with Gasteiger partial charge in [-0.3, -0.25) is 4.79 Å². The summed E-state index contributed by atoms with van der Waals surface area (Å²) >= 11 is 0. The standard InChI is InChI=1S/C23H23N5O3/c24-16-23(12-4-1-5-13-23)25-21(29)15-31-22(30)18-10-8-17(9-11-18)14-28-20-7-3-2-6-19(20)26-27-28/h2-3,6-11H,1,4-5,12-15H2,(H,25,29). The number of hydrogen-bond donors (Lipinski definition) is 1. The molecule has 2 aromatic carbocycles. The Morgan fingerprint density at radius 3 is 2.58 bits per heavy atom. The second kappa shape index (κ2) is 8.96. The fourth-order valence-corrected chi connectivity index (χ4v) is 3.89. The highest BCUT2D eigenvalue weighted by molar-refractivity contribution is 5.91. The van der Waals surface area contributed by atoms with Gasteiger partial charge in [0.05, 0.1) is 23.7 Å². The van der Waals surface area contributed by atoms with E-state index in [0.29, 0.717) is 24.9 Å². The normalized spacial score (nSPS) is 15.2. The maximum absolute atomic E-state index is 12.3. The zero-order valence-electron chi connectivity index (χ0n) is 17.1. The van der Waals surface area contributed by atoms with Gasteiger partial charge in [0.25, 0.3) is 5.91 Å². The van der Waals surface area contributed by atoms with E-state index in [2.05, 4.69) is 21.7 Å². The number of nitriles is 1. The van der Waals surface area contributed by atoms with Crippen molar-refractivity contribution in [2.45, 2.75) is 44.2 Å². The monoisotopic (exact) mass is 417 g/mol. The van der Waals surface area contributed by atoms with Gasteiger partial charge >= 0.3 is 5.97 Å². The molecule has 1 aliphatic rings. The first-order chi connectivity index (χ1) is 15.1. The van der Waals surface area contributed by atoms with Gasteiger partial charge in [0.2, 0.25) is 0 Å². The van der Waals surface area contributed by atoms with Crippen molar-refractivity contribution < 1.29 is 14.3 Å². The predicted molar refractivity (Wildman–Crippen MR) is 113 cm³/mol. The summed E-state index contributed by atoms with van der Waals surface area (Å²) in [6.07, 6.45) is 4.14. The van der Waals surface area contributed by atoms with Crippen molar-refractivity contribution in [2.24, 2.45) is 0 Å². The highest BCUT2D eigenvalue weighted by atomic mass is 16.5. The largest absolute Gasteiger partial charge is 0.452 e. The SMILES string of the molecule is N#CC1(NC(=O)COC(=O)c2ccc(Cn3nnc4ccccc43)cc2)CCCCC1. The molecule has 8 nitrogen and oxygen atoms in total. The van der Waals surface area contributed by atoms with Gasteiger partial charge in [-0.15, -0.1) is 5.10 Å². The smallest absolute Gasteiger partial charge is 0.338 e. The van der Waals surface area contributed by atoms with Crippen LogP contribution in [-0.4, -0.2) is 39.0 Å². The topological polar surface area (TPSA) is 110 Å². The van der Waals surface area contributed by atoms with Crippen LogP contribution in [-0.2, 0) is 16.1 Å². The van der Waals surface area contributed by atoms with Gasteiger partial charge in [0.15, 0.2) is 6.61 Å². The fourth-order valence-electron chi connectivity index (χ4n) is 3.89. The molecule has 0 spiro atoms. The molecule has 1 aromatic heterocycles. The third kappa shape index (κ3) is 4.72. The van der Waals surface area contributed by atoms with Crippen molar-refractivity contribution in [1.82, 2.24) is 20.3 Å². The minimum Gasteiger partial charge on any atom is -0.452 e. The van der Waals surface area contributed by atoms with Crippen LogP contribution < -0.4 is 5.32 Å². The number of ether oxygens (including phenoxy) is 1. The molecule has 4 rings (SSSR count). The van der Waals surface area contributed by atoms with Crippen LogP contribution in [0.2, 0.25) is 0 Å². The summed E-state index contributed by atoms with van der Waals surface area (Å²) in [6, 6.07) is 16.9. The lowest BCUT2D eigenvalue weighted by atomic mass is 9.83. The lowest BCUT2D eigenvalue weighted by molar-refractivity contribution is -0.125. The molecule has 8 heteroatoms. The number of carbonyl (C=O) groups excluding carboxylic acids is 2. The van der Waals surface area contributed by atoms with Crippen LogP contribution in [0.1, 0.15) is 48.0 Å². The summed E-state index contributed by atoms with van der Waals surface area (Å²) in [5.74, 6) is -1.03. The number of benzene rings is 2. The highest BCUT2D eigenvalue weighted by Crippen LogP contribution is 2.27. The number of fused-ring (bicyclic) bond motifs is 1. The summed E-state index contributed by atoms with van der Waals surface area (Å²) in [5, 5.41) is 20.5. The van der Waals surface area contributed by atoms with Gasteiger partial charge in [0.1, 0.15) is 11.1 Å². The molecule has 1 saturated carbocycles. The molecule has 1 fully saturated rings. The maximum atomic E-state index is 12.3. The minimum absolute atomic E-state index is 0.354. The number of esters is 1. The first-order valence-corrected chi connectivity index (χ1v) is 10.4. The first kappa shape index (κ1) is 20.5. The summed E-state index contributed by atoms with van der Waals surface area (Å²) in [4.78, 5) is 24.5. The molecule has 1 heterocycles. The quantitative estimate of drug-likeness (QED) is 0.618. The molecule has 0 radical (unpaired) electrons. The van der Waals surface area contributed by atoms with Crippen LogP contribution >= 0.6 is 0 Å². The number of nitrogens with zero attached hydrogens (tertiary/aromatic N) is 4. The van der Waals surface area contributed by atoms with Crippen LogP contribution in [0.5, 0.6) is 0 Å². The molecule has 1 amide bonds. The van der Waals surface area contributed by atoms with E-state index in [1.54, 1.807) is 16.8 Å². The van der Waals surface area contributed by atoms with E-state index in [4.69, 9.17) is 4.74 Å². The van der Waals surface area contributed by atoms with Crippen LogP contribution in [0.25, 0.3) is 11.0 Å². The number of carbonyl (C=O) groups is 2. The van der Waals surface area contributed by atoms with Crippen molar-refractivity contribution in [2.75, 3.05) is 6.61 Å². The van der Waals surface area contributed by atoms with Gasteiger partial charge in [-0.25, -0.2) is 9.48 Å². The molecule has 3 aromatic rings. The molecule has 0 unspecified atom stereocenters. The van der Waals surface area contributed by atoms with Crippen molar-refractivity contribution in [3.05, 3.63) is 59.7 Å². The van der Waals surface area contributed by atoms with E-state index < -0.39 is 24.0 Å². The number of hydrogen-bond acceptors (Lipinski definition) is 6. The van der Waals surface area contributed by atoms with Gasteiger partial charge in [-0.2, -0.15) is 5.26 Å². The van der Waals surface area contributed by atoms with Crippen LogP contribution in [0.15, 0.2) is 48.5 Å². The second-order valence-corrected chi connectivity index (χ2v) is 7.81. The average molecular weight is 417 g/mol. The summed E-state index contributed by atoms with van der Waals surface area (Å²) < 4.78 is 6.93. The van der Waals surface area contributed by atoms with Crippen LogP contribution in [0.4, 0.5) is 0 Å². The Labute approximate surface area is 179 Å². The Morgan fingerprint density at radius 2 is 1.84 bits per heavy atom. The molecule has 0 aliphatic heterocycles. The van der Waals surface area contributed by atoms with Crippen molar-refractivity contribution >= 4 is 22.9 Å². The number of amides is 1. The van der Waals surface area contributed by atoms with E-state index >= 15 is 0 Å². The molecule has 0 atom stereocenters. The van der Waals surface area contributed by atoms with E-state index in [1.807, 2.05) is 36.4 Å². The maximum Gasteiger partial charge on any atom is 0.338 e. The van der Waals surface area contributed by atoms with E-state index in [9.17, 15) is 14.9 Å². The van der Waals surface area contributed by atoms with Crippen LogP contribution in [0.3, 0.4) is 0 Å². The van der Waals surface area contributed by atoms with Gasteiger partial charge < -0.3 is 10.1 Å². The van der Waals surface area contributed by atoms with Crippen molar-refractivity contribution in [3.8, 4) is 6.07 Å². The Morgan fingerprint density at radius 1 is 1.10 bits per heavy atom. The molecule has 31 heavy (non-hydrogen) atoms. The van der Waals surface area contributed by atoms with Crippen molar-refractivity contribution in [1.29, 1.82) is 5.26 Å². The Balaban J connectivity index is 1.32. The molecule has 1 N–H and O–H groups in total. The third-order valence-corrected chi connectivity index (χ3v) is 5.58. The van der Waals surface area contributed by atoms with Crippen LogP contribution in [0, 0.1) is 11.3 Å². The molecule has 1 aliphatic carbocycles. The number of para-hydroxylation sites is 1. The first-order valence-electron chi connectivity index (χ1n) is 10.4. The number of rotatable bonds is 6. The predicted octanol–water partition coefficient (Wildman–Crippen LogP) is 2.98.